The molecule has 2 aliphatic carbocycles. The van der Waals surface area contributed by atoms with Gasteiger partial charge in [-0.3, -0.25) is 4.79 Å². The van der Waals surface area contributed by atoms with Gasteiger partial charge in [-0.2, -0.15) is 5.26 Å². The fourth-order valence-corrected chi connectivity index (χ4v) is 7.39. The Morgan fingerprint density at radius 2 is 1.80 bits per heavy atom. The van der Waals surface area contributed by atoms with Crippen LogP contribution in [0, 0.1) is 42.8 Å². The number of carbonyl (C=O) groups is 1. The molecule has 3 aromatic carbocycles. The second-order valence-corrected chi connectivity index (χ2v) is 12.3. The highest BCUT2D eigenvalue weighted by atomic mass is 19.1. The second kappa shape index (κ2) is 10.7. The molecule has 222 valence electrons. The molecular formula is C36H33FN4O3. The number of carboxylic acid groups (broad SMARTS) is 1. The lowest BCUT2D eigenvalue weighted by molar-refractivity contribution is -0.139. The van der Waals surface area contributed by atoms with Crippen LogP contribution in [-0.4, -0.2) is 34.1 Å². The average molecular weight is 589 g/mol. The highest BCUT2D eigenvalue weighted by Crippen LogP contribution is 2.61. The Morgan fingerprint density at radius 1 is 1.07 bits per heavy atom. The number of aryl methyl sites for hydroxylation is 2. The summed E-state index contributed by atoms with van der Waals surface area (Å²) in [5, 5.41) is 19.4. The van der Waals surface area contributed by atoms with E-state index in [1.54, 1.807) is 12.1 Å². The highest BCUT2D eigenvalue weighted by molar-refractivity contribution is 5.78. The summed E-state index contributed by atoms with van der Waals surface area (Å²) in [6, 6.07) is 23.4. The molecule has 7 nitrogen and oxygen atoms in total. The number of nitrogens with zero attached hydrogens (tertiary/aromatic N) is 4. The van der Waals surface area contributed by atoms with Crippen LogP contribution in [0.2, 0.25) is 0 Å². The molecule has 2 heterocycles. The number of halogens is 1. The van der Waals surface area contributed by atoms with Crippen LogP contribution in [0.1, 0.15) is 52.4 Å². The van der Waals surface area contributed by atoms with Crippen LogP contribution >= 0.6 is 0 Å². The number of fused-ring (bicyclic) bond motifs is 3. The van der Waals surface area contributed by atoms with Crippen molar-refractivity contribution in [1.29, 1.82) is 5.26 Å². The maximum absolute atomic E-state index is 14.9. The van der Waals surface area contributed by atoms with Crippen LogP contribution < -0.4 is 9.64 Å². The van der Waals surface area contributed by atoms with E-state index >= 15 is 0 Å². The van der Waals surface area contributed by atoms with Gasteiger partial charge in [-0.15, -0.1) is 0 Å². The maximum Gasteiger partial charge on any atom is 0.307 e. The lowest BCUT2D eigenvalue weighted by Gasteiger charge is -2.37. The number of aromatic nitrogens is 2. The normalized spacial score (nSPS) is 21.2. The quantitative estimate of drug-likeness (QED) is 0.263. The molecule has 44 heavy (non-hydrogen) atoms. The molecule has 3 aliphatic rings. The first-order chi connectivity index (χ1) is 21.3. The van der Waals surface area contributed by atoms with E-state index in [-0.39, 0.29) is 30.2 Å². The van der Waals surface area contributed by atoms with E-state index in [1.807, 2.05) is 62.4 Å². The number of carboxylic acids is 1. The van der Waals surface area contributed by atoms with E-state index < -0.39 is 11.4 Å². The van der Waals surface area contributed by atoms with E-state index in [9.17, 15) is 19.6 Å². The molecule has 1 unspecified atom stereocenters. The molecule has 2 fully saturated rings. The van der Waals surface area contributed by atoms with Gasteiger partial charge < -0.3 is 14.7 Å². The van der Waals surface area contributed by atoms with Crippen molar-refractivity contribution in [2.45, 2.75) is 51.0 Å². The minimum atomic E-state index is -0.719. The predicted molar refractivity (Wildman–Crippen MR) is 164 cm³/mol. The third-order valence-corrected chi connectivity index (χ3v) is 9.81. The van der Waals surface area contributed by atoms with E-state index in [0.29, 0.717) is 43.2 Å². The summed E-state index contributed by atoms with van der Waals surface area (Å²) in [6.07, 6.45) is 2.15. The van der Waals surface area contributed by atoms with Crippen molar-refractivity contribution in [2.75, 3.05) is 18.0 Å². The molecule has 1 saturated carbocycles. The van der Waals surface area contributed by atoms with Gasteiger partial charge in [-0.1, -0.05) is 42.5 Å². The third kappa shape index (κ3) is 4.77. The molecule has 1 aliphatic heterocycles. The smallest absolute Gasteiger partial charge is 0.307 e. The van der Waals surface area contributed by atoms with Gasteiger partial charge in [-0.05, 0) is 85.5 Å². The number of hydrogen-bond acceptors (Lipinski definition) is 6. The maximum atomic E-state index is 14.9. The number of rotatable bonds is 7. The van der Waals surface area contributed by atoms with Crippen LogP contribution in [0.3, 0.4) is 0 Å². The minimum Gasteiger partial charge on any atom is -0.489 e. The molecular weight excluding hydrogens is 555 g/mol. The molecule has 1 N–H and O–H groups in total. The zero-order valence-corrected chi connectivity index (χ0v) is 24.8. The Bertz CT molecular complexity index is 1790. The number of benzene rings is 3. The molecule has 3 atom stereocenters. The summed E-state index contributed by atoms with van der Waals surface area (Å²) in [6.45, 7) is 5.33. The van der Waals surface area contributed by atoms with Gasteiger partial charge in [0, 0.05) is 30.1 Å². The molecule has 7 rings (SSSR count). The molecule has 0 spiro atoms. The predicted octanol–water partition coefficient (Wildman–Crippen LogP) is 6.51. The molecule has 0 radical (unpaired) electrons. The van der Waals surface area contributed by atoms with Crippen LogP contribution in [0.15, 0.2) is 66.7 Å². The van der Waals surface area contributed by atoms with Crippen LogP contribution in [0.25, 0.3) is 11.1 Å². The Balaban J connectivity index is 1.06. The topological polar surface area (TPSA) is 99.3 Å². The molecule has 0 bridgehead atoms. The minimum absolute atomic E-state index is 0.0654. The number of nitriles is 1. The van der Waals surface area contributed by atoms with Crippen molar-refractivity contribution in [2.24, 2.45) is 11.8 Å². The number of ether oxygens (including phenoxy) is 1. The Hall–Kier alpha value is -4.77. The Labute approximate surface area is 256 Å². The van der Waals surface area contributed by atoms with E-state index in [0.717, 1.165) is 45.6 Å². The van der Waals surface area contributed by atoms with Crippen molar-refractivity contribution in [3.63, 3.8) is 0 Å². The summed E-state index contributed by atoms with van der Waals surface area (Å²) >= 11 is 0. The largest absolute Gasteiger partial charge is 0.489 e. The SMILES string of the molecule is Cc1nc(N2CCC(C#N)(c3ccccc3)CC2)nc(C)c1-c1ccc(F)c(COc2ccc3c(c2)C[C@H]2C(C(=O)O)[C@@H]32)c1. The van der Waals surface area contributed by atoms with Gasteiger partial charge in [0.2, 0.25) is 5.95 Å². The summed E-state index contributed by atoms with van der Waals surface area (Å²) < 4.78 is 20.9. The molecule has 1 saturated heterocycles. The van der Waals surface area contributed by atoms with Gasteiger partial charge in [0.25, 0.3) is 0 Å². The molecule has 1 aromatic heterocycles. The second-order valence-electron chi connectivity index (χ2n) is 12.3. The van der Waals surface area contributed by atoms with Crippen molar-refractivity contribution < 1.29 is 19.0 Å². The van der Waals surface area contributed by atoms with Crippen LogP contribution in [0.5, 0.6) is 5.75 Å². The summed E-state index contributed by atoms with van der Waals surface area (Å²) in [5.74, 6) is 0.265. The summed E-state index contributed by atoms with van der Waals surface area (Å²) in [4.78, 5) is 23.3. The fraction of sp³-hybridized carbons (Fsp3) is 0.333. The monoisotopic (exact) mass is 588 g/mol. The fourth-order valence-electron chi connectivity index (χ4n) is 7.39. The van der Waals surface area contributed by atoms with Gasteiger partial charge >= 0.3 is 5.97 Å². The zero-order valence-electron chi connectivity index (χ0n) is 24.8. The van der Waals surface area contributed by atoms with Crippen molar-refractivity contribution in [1.82, 2.24) is 9.97 Å². The van der Waals surface area contributed by atoms with Gasteiger partial charge in [-0.25, -0.2) is 14.4 Å². The number of anilines is 1. The van der Waals surface area contributed by atoms with Crippen LogP contribution in [0.4, 0.5) is 10.3 Å². The number of piperidine rings is 1. The van der Waals surface area contributed by atoms with Crippen LogP contribution in [-0.2, 0) is 23.2 Å². The Kier molecular flexibility index (Phi) is 6.84. The first kappa shape index (κ1) is 28.0. The van der Waals surface area contributed by atoms with Crippen molar-refractivity contribution in [3.05, 3.63) is 106 Å². The van der Waals surface area contributed by atoms with Crippen molar-refractivity contribution >= 4 is 11.9 Å². The summed E-state index contributed by atoms with van der Waals surface area (Å²) in [5.41, 5.74) is 6.53. The highest BCUT2D eigenvalue weighted by Gasteiger charge is 2.59. The molecule has 0 amide bonds. The molecule has 8 heteroatoms. The molecule has 4 aromatic rings. The van der Waals surface area contributed by atoms with Gasteiger partial charge in [0.15, 0.2) is 0 Å². The van der Waals surface area contributed by atoms with E-state index in [2.05, 4.69) is 11.0 Å². The zero-order chi connectivity index (χ0) is 30.6. The van der Waals surface area contributed by atoms with Crippen molar-refractivity contribution in [3.8, 4) is 22.9 Å². The lowest BCUT2D eigenvalue weighted by atomic mass is 9.74. The average Bonchev–Trinajstić information content (AvgIpc) is 3.63. The number of aliphatic carboxylic acids is 1. The van der Waals surface area contributed by atoms with E-state index in [1.165, 1.54) is 6.07 Å². The first-order valence-electron chi connectivity index (χ1n) is 15.1. The van der Waals surface area contributed by atoms with Gasteiger partial charge in [0.1, 0.15) is 18.2 Å². The van der Waals surface area contributed by atoms with Gasteiger partial charge in [0.05, 0.1) is 28.8 Å². The lowest BCUT2D eigenvalue weighted by Crippen LogP contribution is -2.42. The first-order valence-corrected chi connectivity index (χ1v) is 15.1. The van der Waals surface area contributed by atoms with E-state index in [4.69, 9.17) is 14.7 Å². The third-order valence-electron chi connectivity index (χ3n) is 9.81. The number of hydrogen-bond donors (Lipinski definition) is 1. The standard InChI is InChI=1S/C36H33FN4O3/c1-21-31(22(2)40-35(39-21)41-14-12-36(20-38,13-15-41)26-6-4-3-5-7-26)23-8-11-30(37)25(16-23)19-44-27-9-10-28-24(17-27)18-29-32(28)33(29)34(42)43/h3-11,16-17,29,32-33H,12-15,18-19H2,1-2H3,(H,42,43)/t29-,32+,33?/m1/s1. The Morgan fingerprint density at radius 3 is 2.48 bits per heavy atom. The summed E-state index contributed by atoms with van der Waals surface area (Å²) in [7, 11) is 0.